The topological polar surface area (TPSA) is 63.6 Å². The summed E-state index contributed by atoms with van der Waals surface area (Å²) >= 11 is 0. The molecule has 0 radical (unpaired) electrons. The summed E-state index contributed by atoms with van der Waals surface area (Å²) < 4.78 is 7.30. The van der Waals surface area contributed by atoms with E-state index in [9.17, 15) is 9.59 Å². The van der Waals surface area contributed by atoms with E-state index in [0.717, 1.165) is 57.6 Å². The van der Waals surface area contributed by atoms with Gasteiger partial charge in [-0.05, 0) is 44.2 Å². The Morgan fingerprint density at radius 1 is 1.18 bits per heavy atom. The van der Waals surface area contributed by atoms with Crippen molar-refractivity contribution >= 4 is 5.91 Å². The number of amides is 1. The van der Waals surface area contributed by atoms with Crippen LogP contribution in [0.5, 0.6) is 0 Å². The number of ether oxygens (including phenoxy) is 1. The number of rotatable bonds is 5. The average Bonchev–Trinajstić information content (AvgIpc) is 3.55. The van der Waals surface area contributed by atoms with E-state index in [1.54, 1.807) is 4.57 Å². The Kier molecular flexibility index (Phi) is 5.88. The normalized spacial score (nSPS) is 23.2. The summed E-state index contributed by atoms with van der Waals surface area (Å²) in [7, 11) is 0. The van der Waals surface area contributed by atoms with E-state index in [2.05, 4.69) is 10.2 Å². The second kappa shape index (κ2) is 8.37. The number of carbonyl (C=O) groups excluding carboxylic acids is 1. The highest BCUT2D eigenvalue weighted by Gasteiger charge is 2.38. The van der Waals surface area contributed by atoms with Gasteiger partial charge in [-0.3, -0.25) is 14.5 Å². The molecular formula is C22H33N3O3. The van der Waals surface area contributed by atoms with Crippen LogP contribution >= 0.6 is 0 Å². The Morgan fingerprint density at radius 3 is 2.50 bits per heavy atom. The van der Waals surface area contributed by atoms with Crippen LogP contribution in [-0.2, 0) is 4.74 Å². The van der Waals surface area contributed by atoms with E-state index in [0.29, 0.717) is 12.1 Å². The van der Waals surface area contributed by atoms with E-state index < -0.39 is 0 Å². The standard InChI is InChI=1S/C22H33N3O3/c1-17-8-11-25(18-6-7-18)21(27)19(17)20(26)23-16-22(9-4-2-3-5-10-22)24-12-14-28-15-13-24/h8,11,18H,2-7,9-10,12-16H2,1H3,(H,23,26). The third kappa shape index (κ3) is 4.03. The first kappa shape index (κ1) is 19.6. The van der Waals surface area contributed by atoms with Crippen molar-refractivity contribution in [2.24, 2.45) is 0 Å². The van der Waals surface area contributed by atoms with Crippen molar-refractivity contribution in [1.29, 1.82) is 0 Å². The highest BCUT2D eigenvalue weighted by Crippen LogP contribution is 2.34. The Balaban J connectivity index is 1.53. The predicted molar refractivity (Wildman–Crippen MR) is 109 cm³/mol. The number of aromatic nitrogens is 1. The molecule has 1 N–H and O–H groups in total. The summed E-state index contributed by atoms with van der Waals surface area (Å²) in [6.45, 7) is 5.85. The quantitative estimate of drug-likeness (QED) is 0.789. The largest absolute Gasteiger partial charge is 0.379 e. The lowest BCUT2D eigenvalue weighted by molar-refractivity contribution is -0.0281. The lowest BCUT2D eigenvalue weighted by atomic mass is 9.87. The second-order valence-electron chi connectivity index (χ2n) is 8.74. The van der Waals surface area contributed by atoms with Gasteiger partial charge in [0.05, 0.1) is 13.2 Å². The molecule has 6 nitrogen and oxygen atoms in total. The molecule has 2 saturated carbocycles. The zero-order valence-corrected chi connectivity index (χ0v) is 17.0. The van der Waals surface area contributed by atoms with E-state index in [-0.39, 0.29) is 23.0 Å². The molecule has 1 aliphatic heterocycles. The molecule has 28 heavy (non-hydrogen) atoms. The monoisotopic (exact) mass is 387 g/mol. The van der Waals surface area contributed by atoms with Gasteiger partial charge in [0.15, 0.2) is 0 Å². The summed E-state index contributed by atoms with van der Waals surface area (Å²) in [5.74, 6) is -0.214. The molecule has 1 aromatic rings. The zero-order valence-electron chi connectivity index (χ0n) is 17.0. The first-order valence-electron chi connectivity index (χ1n) is 10.9. The van der Waals surface area contributed by atoms with Gasteiger partial charge in [0, 0.05) is 37.4 Å². The summed E-state index contributed by atoms with van der Waals surface area (Å²) in [5.41, 5.74) is 0.941. The Hall–Kier alpha value is -1.66. The number of pyridine rings is 1. The second-order valence-corrected chi connectivity index (χ2v) is 8.74. The summed E-state index contributed by atoms with van der Waals surface area (Å²) in [6.07, 6.45) is 11.0. The van der Waals surface area contributed by atoms with Crippen LogP contribution in [0.1, 0.15) is 73.3 Å². The lowest BCUT2D eigenvalue weighted by Crippen LogP contribution is -2.59. The highest BCUT2D eigenvalue weighted by molar-refractivity contribution is 5.95. The summed E-state index contributed by atoms with van der Waals surface area (Å²) in [5, 5.41) is 3.17. The number of hydrogen-bond donors (Lipinski definition) is 1. The molecule has 4 rings (SSSR count). The number of hydrogen-bond acceptors (Lipinski definition) is 4. The van der Waals surface area contributed by atoms with Gasteiger partial charge in [0.25, 0.3) is 11.5 Å². The van der Waals surface area contributed by atoms with Crippen LogP contribution in [0.25, 0.3) is 0 Å². The smallest absolute Gasteiger partial charge is 0.263 e. The van der Waals surface area contributed by atoms with Crippen LogP contribution in [-0.4, -0.2) is 53.8 Å². The third-order valence-electron chi connectivity index (χ3n) is 6.79. The summed E-state index contributed by atoms with van der Waals surface area (Å²) in [4.78, 5) is 28.5. The van der Waals surface area contributed by atoms with Gasteiger partial charge in [0.1, 0.15) is 5.56 Å². The number of nitrogens with one attached hydrogen (secondary N) is 1. The predicted octanol–water partition coefficient (Wildman–Crippen LogP) is 2.65. The molecule has 0 atom stereocenters. The van der Waals surface area contributed by atoms with Crippen LogP contribution in [0, 0.1) is 6.92 Å². The van der Waals surface area contributed by atoms with Crippen molar-refractivity contribution in [3.05, 3.63) is 33.7 Å². The Labute approximate surface area is 167 Å². The molecule has 1 saturated heterocycles. The van der Waals surface area contributed by atoms with Gasteiger partial charge in [-0.25, -0.2) is 0 Å². The summed E-state index contributed by atoms with van der Waals surface area (Å²) in [6, 6.07) is 2.18. The lowest BCUT2D eigenvalue weighted by Gasteiger charge is -2.45. The van der Waals surface area contributed by atoms with Crippen molar-refractivity contribution in [3.63, 3.8) is 0 Å². The molecule has 154 valence electrons. The van der Waals surface area contributed by atoms with E-state index in [1.807, 2.05) is 19.2 Å². The number of carbonyl (C=O) groups is 1. The first-order valence-corrected chi connectivity index (χ1v) is 10.9. The van der Waals surface area contributed by atoms with Crippen LogP contribution in [0.15, 0.2) is 17.1 Å². The van der Waals surface area contributed by atoms with Gasteiger partial charge in [0.2, 0.25) is 0 Å². The van der Waals surface area contributed by atoms with Crippen molar-refractivity contribution in [1.82, 2.24) is 14.8 Å². The van der Waals surface area contributed by atoms with Crippen LogP contribution in [0.3, 0.4) is 0 Å². The maximum Gasteiger partial charge on any atom is 0.263 e. The molecular weight excluding hydrogens is 354 g/mol. The number of nitrogens with zero attached hydrogens (tertiary/aromatic N) is 2. The van der Waals surface area contributed by atoms with Crippen LogP contribution in [0.2, 0.25) is 0 Å². The molecule has 3 aliphatic rings. The third-order valence-corrected chi connectivity index (χ3v) is 6.79. The SMILES string of the molecule is Cc1ccn(C2CC2)c(=O)c1C(=O)NCC1(N2CCOCC2)CCCCCC1. The van der Waals surface area contributed by atoms with Gasteiger partial charge in [-0.1, -0.05) is 25.7 Å². The van der Waals surface area contributed by atoms with Crippen LogP contribution in [0.4, 0.5) is 0 Å². The molecule has 0 aromatic carbocycles. The zero-order chi connectivity index (χ0) is 19.6. The van der Waals surface area contributed by atoms with Crippen molar-refractivity contribution < 1.29 is 9.53 Å². The minimum Gasteiger partial charge on any atom is -0.379 e. The van der Waals surface area contributed by atoms with E-state index >= 15 is 0 Å². The Morgan fingerprint density at radius 2 is 1.86 bits per heavy atom. The van der Waals surface area contributed by atoms with Crippen molar-refractivity contribution in [2.75, 3.05) is 32.8 Å². The van der Waals surface area contributed by atoms with Gasteiger partial charge < -0.3 is 14.6 Å². The molecule has 1 amide bonds. The molecule has 2 aliphatic carbocycles. The van der Waals surface area contributed by atoms with Crippen molar-refractivity contribution in [3.8, 4) is 0 Å². The molecule has 3 fully saturated rings. The fourth-order valence-electron chi connectivity index (χ4n) is 4.92. The van der Waals surface area contributed by atoms with E-state index in [4.69, 9.17) is 4.74 Å². The van der Waals surface area contributed by atoms with Gasteiger partial charge in [-0.15, -0.1) is 0 Å². The number of aryl methyl sites for hydroxylation is 1. The fraction of sp³-hybridized carbons (Fsp3) is 0.727. The average molecular weight is 388 g/mol. The molecule has 6 heteroatoms. The van der Waals surface area contributed by atoms with Gasteiger partial charge >= 0.3 is 0 Å². The first-order chi connectivity index (χ1) is 13.6. The van der Waals surface area contributed by atoms with Crippen molar-refractivity contribution in [2.45, 2.75) is 69.9 Å². The molecule has 0 unspecified atom stereocenters. The molecule has 0 bridgehead atoms. The van der Waals surface area contributed by atoms with E-state index in [1.165, 1.54) is 25.7 Å². The van der Waals surface area contributed by atoms with Crippen LogP contribution < -0.4 is 10.9 Å². The molecule has 0 spiro atoms. The minimum absolute atomic E-state index is 0.00582. The molecule has 2 heterocycles. The molecule has 1 aromatic heterocycles. The minimum atomic E-state index is -0.214. The number of morpholine rings is 1. The highest BCUT2D eigenvalue weighted by atomic mass is 16.5. The fourth-order valence-corrected chi connectivity index (χ4v) is 4.92. The van der Waals surface area contributed by atoms with Gasteiger partial charge in [-0.2, -0.15) is 0 Å². The maximum atomic E-state index is 13.1. The Bertz CT molecular complexity index is 755. The maximum absolute atomic E-state index is 13.1.